The third-order valence-corrected chi connectivity index (χ3v) is 4.93. The Morgan fingerprint density at radius 2 is 1.88 bits per heavy atom. The van der Waals surface area contributed by atoms with Gasteiger partial charge in [0.2, 0.25) is 0 Å². The monoisotopic (exact) mass is 508 g/mol. The van der Waals surface area contributed by atoms with Crippen molar-refractivity contribution >= 4 is 58.6 Å². The maximum atomic E-state index is 10.2. The quantitative estimate of drug-likeness (QED) is 0.302. The van der Waals surface area contributed by atoms with E-state index < -0.39 is 6.10 Å². The molecule has 2 aromatic rings. The number of hydrogen-bond donors (Lipinski definition) is 3. The molecular weight excluding hydrogens is 483 g/mol. The molecule has 0 aliphatic rings. The maximum Gasteiger partial charge on any atom is 0.191 e. The minimum Gasteiger partial charge on any atom is -0.386 e. The normalized spacial score (nSPS) is 12.3. The Kier molecular flexibility index (Phi) is 10.3. The Hall–Kier alpha value is -1.03. The molecule has 0 aliphatic carbocycles. The second-order valence-electron chi connectivity index (χ2n) is 5.79. The van der Waals surface area contributed by atoms with E-state index in [9.17, 15) is 5.11 Å². The van der Waals surface area contributed by atoms with Crippen molar-refractivity contribution in [3.05, 3.63) is 51.2 Å². The minimum atomic E-state index is -0.610. The summed E-state index contributed by atoms with van der Waals surface area (Å²) in [6.45, 7) is 3.72. The number of thiophene rings is 1. The van der Waals surface area contributed by atoms with E-state index in [1.54, 1.807) is 6.07 Å². The van der Waals surface area contributed by atoms with Gasteiger partial charge in [0, 0.05) is 37.7 Å². The summed E-state index contributed by atoms with van der Waals surface area (Å²) in [5.74, 6) is 0.681. The summed E-state index contributed by atoms with van der Waals surface area (Å²) in [4.78, 5) is 7.48. The lowest BCUT2D eigenvalue weighted by atomic mass is 10.2. The summed E-state index contributed by atoms with van der Waals surface area (Å²) >= 11 is 7.30. The molecule has 0 amide bonds. The molecule has 0 bridgehead atoms. The van der Waals surface area contributed by atoms with Crippen LogP contribution in [-0.4, -0.2) is 38.3 Å². The Bertz CT molecular complexity index is 691. The van der Waals surface area contributed by atoms with Gasteiger partial charge >= 0.3 is 0 Å². The molecule has 1 heterocycles. The molecular formula is C18H26ClIN4OS. The van der Waals surface area contributed by atoms with Crippen molar-refractivity contribution in [2.24, 2.45) is 4.99 Å². The number of nitrogens with zero attached hydrogens (tertiary/aromatic N) is 2. The summed E-state index contributed by atoms with van der Waals surface area (Å²) in [7, 11) is 4.04. The summed E-state index contributed by atoms with van der Waals surface area (Å²) < 4.78 is 0.677. The molecule has 0 aliphatic heterocycles. The lowest BCUT2D eigenvalue weighted by Crippen LogP contribution is -2.39. The summed E-state index contributed by atoms with van der Waals surface area (Å²) in [5, 5.41) is 16.6. The topological polar surface area (TPSA) is 59.9 Å². The van der Waals surface area contributed by atoms with Crippen molar-refractivity contribution in [2.45, 2.75) is 19.6 Å². The third-order valence-electron chi connectivity index (χ3n) is 3.60. The molecule has 8 heteroatoms. The van der Waals surface area contributed by atoms with E-state index in [0.29, 0.717) is 23.4 Å². The van der Waals surface area contributed by atoms with Gasteiger partial charge in [0.25, 0.3) is 0 Å². The van der Waals surface area contributed by atoms with Gasteiger partial charge in [-0.25, -0.2) is 4.99 Å². The van der Waals surface area contributed by atoms with E-state index in [4.69, 9.17) is 11.6 Å². The maximum absolute atomic E-state index is 10.2. The second kappa shape index (κ2) is 11.6. The summed E-state index contributed by atoms with van der Waals surface area (Å²) in [6, 6.07) is 11.9. The number of nitrogens with one attached hydrogen (secondary N) is 2. The Morgan fingerprint density at radius 3 is 2.42 bits per heavy atom. The Labute approximate surface area is 181 Å². The van der Waals surface area contributed by atoms with Crippen LogP contribution in [0.5, 0.6) is 0 Å². The van der Waals surface area contributed by atoms with Crippen LogP contribution in [0.3, 0.4) is 0 Å². The van der Waals surface area contributed by atoms with Crippen LogP contribution in [0.25, 0.3) is 0 Å². The fraction of sp³-hybridized carbons (Fsp3) is 0.389. The van der Waals surface area contributed by atoms with E-state index in [1.165, 1.54) is 11.3 Å². The predicted molar refractivity (Wildman–Crippen MR) is 123 cm³/mol. The molecule has 0 fully saturated rings. The first-order valence-corrected chi connectivity index (χ1v) is 9.40. The highest BCUT2D eigenvalue weighted by molar-refractivity contribution is 14.0. The summed E-state index contributed by atoms with van der Waals surface area (Å²) in [6.07, 6.45) is -0.610. The lowest BCUT2D eigenvalue weighted by molar-refractivity contribution is 0.184. The van der Waals surface area contributed by atoms with Gasteiger partial charge in [0.1, 0.15) is 6.10 Å². The number of rotatable bonds is 7. The highest BCUT2D eigenvalue weighted by Crippen LogP contribution is 2.26. The van der Waals surface area contributed by atoms with Crippen molar-refractivity contribution in [1.29, 1.82) is 0 Å². The molecule has 1 aromatic heterocycles. The van der Waals surface area contributed by atoms with Crippen LogP contribution < -0.4 is 15.5 Å². The molecule has 26 heavy (non-hydrogen) atoms. The van der Waals surface area contributed by atoms with Crippen LogP contribution in [0, 0.1) is 0 Å². The van der Waals surface area contributed by atoms with Crippen LogP contribution in [-0.2, 0) is 6.54 Å². The van der Waals surface area contributed by atoms with Crippen LogP contribution in [0.2, 0.25) is 4.34 Å². The van der Waals surface area contributed by atoms with Gasteiger partial charge in [-0.2, -0.15) is 0 Å². The molecule has 5 nitrogen and oxygen atoms in total. The van der Waals surface area contributed by atoms with Crippen LogP contribution in [0.1, 0.15) is 23.5 Å². The second-order valence-corrected chi connectivity index (χ2v) is 7.54. The van der Waals surface area contributed by atoms with Gasteiger partial charge in [-0.05, 0) is 36.8 Å². The zero-order chi connectivity index (χ0) is 18.2. The number of anilines is 1. The molecule has 2 rings (SSSR count). The zero-order valence-corrected chi connectivity index (χ0v) is 19.1. The van der Waals surface area contributed by atoms with Crippen molar-refractivity contribution in [3.8, 4) is 0 Å². The average Bonchev–Trinajstić information content (AvgIpc) is 3.04. The zero-order valence-electron chi connectivity index (χ0n) is 15.2. The minimum absolute atomic E-state index is 0. The van der Waals surface area contributed by atoms with E-state index >= 15 is 0 Å². The first-order valence-electron chi connectivity index (χ1n) is 8.21. The van der Waals surface area contributed by atoms with Crippen LogP contribution in [0.15, 0.2) is 41.4 Å². The number of aliphatic imine (C=N–C) groups is 1. The number of benzene rings is 1. The van der Waals surface area contributed by atoms with Crippen molar-refractivity contribution in [3.63, 3.8) is 0 Å². The first kappa shape index (κ1) is 23.0. The smallest absolute Gasteiger partial charge is 0.191 e. The molecule has 144 valence electrons. The van der Waals surface area contributed by atoms with Crippen molar-refractivity contribution < 1.29 is 5.11 Å². The van der Waals surface area contributed by atoms with Crippen LogP contribution >= 0.6 is 46.9 Å². The molecule has 1 atom stereocenters. The van der Waals surface area contributed by atoms with Gasteiger partial charge in [0.05, 0.1) is 10.9 Å². The Morgan fingerprint density at radius 1 is 1.19 bits per heavy atom. The molecule has 0 radical (unpaired) electrons. The predicted octanol–water partition coefficient (Wildman–Crippen LogP) is 3.87. The van der Waals surface area contributed by atoms with E-state index in [1.807, 2.05) is 27.1 Å². The number of hydrogen-bond acceptors (Lipinski definition) is 4. The number of halogens is 2. The SMILES string of the molecule is CCNC(=NCc1ccc(N(C)C)cc1)NCC(O)c1ccc(Cl)s1.I. The number of guanidine groups is 1. The Balaban J connectivity index is 0.00000338. The molecule has 3 N–H and O–H groups in total. The third kappa shape index (κ3) is 7.30. The fourth-order valence-electron chi connectivity index (χ4n) is 2.21. The van der Waals surface area contributed by atoms with Crippen molar-refractivity contribution in [1.82, 2.24) is 10.6 Å². The lowest BCUT2D eigenvalue weighted by Gasteiger charge is -2.15. The highest BCUT2D eigenvalue weighted by atomic mass is 127. The average molecular weight is 509 g/mol. The van der Waals surface area contributed by atoms with Gasteiger partial charge in [-0.15, -0.1) is 35.3 Å². The van der Waals surface area contributed by atoms with E-state index in [-0.39, 0.29) is 24.0 Å². The van der Waals surface area contributed by atoms with Crippen molar-refractivity contribution in [2.75, 3.05) is 32.1 Å². The molecule has 0 saturated heterocycles. The molecule has 0 saturated carbocycles. The summed E-state index contributed by atoms with van der Waals surface area (Å²) in [5.41, 5.74) is 2.30. The molecule has 0 spiro atoms. The first-order chi connectivity index (χ1) is 12.0. The fourth-order valence-corrected chi connectivity index (χ4v) is 3.26. The molecule has 1 aromatic carbocycles. The molecule has 1 unspecified atom stereocenters. The van der Waals surface area contributed by atoms with E-state index in [0.717, 1.165) is 22.7 Å². The largest absolute Gasteiger partial charge is 0.386 e. The van der Waals surface area contributed by atoms with Gasteiger partial charge in [0.15, 0.2) is 5.96 Å². The number of aliphatic hydroxyl groups is 1. The van der Waals surface area contributed by atoms with Gasteiger partial charge in [-0.3, -0.25) is 0 Å². The van der Waals surface area contributed by atoms with Gasteiger partial charge in [-0.1, -0.05) is 23.7 Å². The van der Waals surface area contributed by atoms with Crippen LogP contribution in [0.4, 0.5) is 5.69 Å². The van der Waals surface area contributed by atoms with E-state index in [2.05, 4.69) is 44.8 Å². The highest BCUT2D eigenvalue weighted by Gasteiger charge is 2.11. The standard InChI is InChI=1S/C18H25ClN4OS.HI/c1-4-20-18(22-12-15(24)16-9-10-17(19)25-16)21-11-13-5-7-14(8-6-13)23(2)3;/h5-10,15,24H,4,11-12H2,1-3H3,(H2,20,21,22);1H. The van der Waals surface area contributed by atoms with Gasteiger partial charge < -0.3 is 20.6 Å². The number of aliphatic hydroxyl groups excluding tert-OH is 1.